The van der Waals surface area contributed by atoms with Crippen LogP contribution in [0.25, 0.3) is 0 Å². The lowest BCUT2D eigenvalue weighted by Gasteiger charge is -2.62. The molecule has 136 valence electrons. The first kappa shape index (κ1) is 15.9. The van der Waals surface area contributed by atoms with Crippen molar-refractivity contribution in [2.45, 2.75) is 82.8 Å². The second kappa shape index (κ2) is 5.32. The summed E-state index contributed by atoms with van der Waals surface area (Å²) in [5, 5.41) is 18.3. The van der Waals surface area contributed by atoms with Crippen molar-refractivity contribution < 1.29 is 14.4 Å². The summed E-state index contributed by atoms with van der Waals surface area (Å²) in [6.07, 6.45) is 10.3. The minimum absolute atomic E-state index is 0.0502. The zero-order valence-electron chi connectivity index (χ0n) is 15.0. The summed E-state index contributed by atoms with van der Waals surface area (Å²) >= 11 is 0. The third kappa shape index (κ3) is 2.46. The van der Waals surface area contributed by atoms with Crippen LogP contribution in [0.15, 0.2) is 4.52 Å². The van der Waals surface area contributed by atoms with Gasteiger partial charge >= 0.3 is 0 Å². The predicted molar refractivity (Wildman–Crippen MR) is 92.1 cm³/mol. The SMILES string of the molecule is C[C@H](NC(=O)c1onc2c1CCCC2)C12C[C@H]3C[C@@H](CC(O)(C3)C1)C2. The average Bonchev–Trinajstić information content (AvgIpc) is 2.96. The molecule has 4 saturated carbocycles. The van der Waals surface area contributed by atoms with Crippen LogP contribution >= 0.6 is 0 Å². The Labute approximate surface area is 148 Å². The summed E-state index contributed by atoms with van der Waals surface area (Å²) in [5.74, 6) is 1.56. The average molecular weight is 344 g/mol. The van der Waals surface area contributed by atoms with E-state index < -0.39 is 5.60 Å². The van der Waals surface area contributed by atoms with Crippen molar-refractivity contribution in [3.63, 3.8) is 0 Å². The Bertz CT molecular complexity index is 696. The Hall–Kier alpha value is -1.36. The van der Waals surface area contributed by atoms with E-state index >= 15 is 0 Å². The van der Waals surface area contributed by atoms with Gasteiger partial charge in [-0.25, -0.2) is 0 Å². The van der Waals surface area contributed by atoms with Crippen LogP contribution in [0.3, 0.4) is 0 Å². The normalized spacial score (nSPS) is 39.9. The largest absolute Gasteiger partial charge is 0.390 e. The molecule has 3 atom stereocenters. The maximum Gasteiger partial charge on any atom is 0.290 e. The monoisotopic (exact) mass is 344 g/mol. The molecule has 5 aliphatic rings. The highest BCUT2D eigenvalue weighted by atomic mass is 16.5. The summed E-state index contributed by atoms with van der Waals surface area (Å²) in [7, 11) is 0. The van der Waals surface area contributed by atoms with Gasteiger partial charge in [-0.2, -0.15) is 0 Å². The van der Waals surface area contributed by atoms with Crippen molar-refractivity contribution in [3.8, 4) is 0 Å². The number of hydrogen-bond acceptors (Lipinski definition) is 4. The van der Waals surface area contributed by atoms with Gasteiger partial charge in [-0.05, 0) is 88.4 Å². The molecule has 4 bridgehead atoms. The molecule has 4 fully saturated rings. The van der Waals surface area contributed by atoms with Gasteiger partial charge in [0.1, 0.15) is 0 Å². The molecule has 1 amide bonds. The lowest BCUT2D eigenvalue weighted by atomic mass is 9.46. The number of aromatic nitrogens is 1. The highest BCUT2D eigenvalue weighted by Crippen LogP contribution is 2.62. The van der Waals surface area contributed by atoms with Gasteiger partial charge in [-0.3, -0.25) is 4.79 Å². The zero-order valence-corrected chi connectivity index (χ0v) is 15.0. The molecule has 1 aromatic heterocycles. The Kier molecular flexibility index (Phi) is 3.38. The van der Waals surface area contributed by atoms with Gasteiger partial charge in [-0.15, -0.1) is 0 Å². The number of carbonyl (C=O) groups excluding carboxylic acids is 1. The fourth-order valence-corrected chi connectivity index (χ4v) is 6.78. The zero-order chi connectivity index (χ0) is 17.2. The number of carbonyl (C=O) groups is 1. The van der Waals surface area contributed by atoms with E-state index in [0.29, 0.717) is 17.6 Å². The topological polar surface area (TPSA) is 75.4 Å². The third-order valence-electron chi connectivity index (χ3n) is 7.51. The van der Waals surface area contributed by atoms with Crippen molar-refractivity contribution in [2.75, 3.05) is 0 Å². The number of hydrogen-bond donors (Lipinski definition) is 2. The van der Waals surface area contributed by atoms with Crippen LogP contribution in [0.1, 0.15) is 80.1 Å². The molecule has 0 unspecified atom stereocenters. The smallest absolute Gasteiger partial charge is 0.290 e. The lowest BCUT2D eigenvalue weighted by Crippen LogP contribution is -2.61. The molecular formula is C20H28N2O3. The fourth-order valence-electron chi connectivity index (χ4n) is 6.78. The number of fused-ring (bicyclic) bond motifs is 1. The summed E-state index contributed by atoms with van der Waals surface area (Å²) in [6, 6.07) is 0.0572. The molecule has 1 heterocycles. The minimum Gasteiger partial charge on any atom is -0.390 e. The van der Waals surface area contributed by atoms with Crippen molar-refractivity contribution in [2.24, 2.45) is 17.3 Å². The fraction of sp³-hybridized carbons (Fsp3) is 0.800. The van der Waals surface area contributed by atoms with Crippen LogP contribution < -0.4 is 5.32 Å². The summed E-state index contributed by atoms with van der Waals surface area (Å²) in [6.45, 7) is 2.12. The van der Waals surface area contributed by atoms with Crippen molar-refractivity contribution in [3.05, 3.63) is 17.0 Å². The highest BCUT2D eigenvalue weighted by molar-refractivity contribution is 5.93. The van der Waals surface area contributed by atoms with Crippen LogP contribution in [-0.2, 0) is 12.8 Å². The van der Waals surface area contributed by atoms with Gasteiger partial charge in [0.15, 0.2) is 0 Å². The second-order valence-electron chi connectivity index (χ2n) is 9.39. The van der Waals surface area contributed by atoms with Crippen LogP contribution in [0.2, 0.25) is 0 Å². The molecule has 0 aromatic carbocycles. The van der Waals surface area contributed by atoms with E-state index in [9.17, 15) is 9.90 Å². The molecular weight excluding hydrogens is 316 g/mol. The molecule has 5 aliphatic carbocycles. The highest BCUT2D eigenvalue weighted by Gasteiger charge is 2.59. The first-order chi connectivity index (χ1) is 12.0. The summed E-state index contributed by atoms with van der Waals surface area (Å²) in [4.78, 5) is 12.9. The number of rotatable bonds is 3. The third-order valence-corrected chi connectivity index (χ3v) is 7.51. The van der Waals surface area contributed by atoms with Gasteiger partial charge in [0.2, 0.25) is 5.76 Å². The van der Waals surface area contributed by atoms with E-state index in [2.05, 4.69) is 17.4 Å². The van der Waals surface area contributed by atoms with Gasteiger partial charge in [-0.1, -0.05) is 5.16 Å². The number of nitrogens with one attached hydrogen (secondary N) is 1. The van der Waals surface area contributed by atoms with Crippen LogP contribution in [0, 0.1) is 17.3 Å². The van der Waals surface area contributed by atoms with Gasteiger partial charge in [0.05, 0.1) is 11.3 Å². The Morgan fingerprint density at radius 3 is 2.68 bits per heavy atom. The molecule has 0 saturated heterocycles. The van der Waals surface area contributed by atoms with E-state index in [4.69, 9.17) is 4.52 Å². The maximum atomic E-state index is 12.9. The van der Waals surface area contributed by atoms with Gasteiger partial charge in [0, 0.05) is 11.6 Å². The van der Waals surface area contributed by atoms with Crippen LogP contribution in [0.5, 0.6) is 0 Å². The summed E-state index contributed by atoms with van der Waals surface area (Å²) < 4.78 is 5.41. The van der Waals surface area contributed by atoms with Crippen LogP contribution in [-0.4, -0.2) is 27.8 Å². The molecule has 2 N–H and O–H groups in total. The number of aryl methyl sites for hydroxylation is 1. The molecule has 0 aliphatic heterocycles. The van der Waals surface area contributed by atoms with Crippen LogP contribution in [0.4, 0.5) is 0 Å². The first-order valence-electron chi connectivity index (χ1n) is 9.97. The molecule has 5 heteroatoms. The van der Waals surface area contributed by atoms with E-state index in [0.717, 1.165) is 69.0 Å². The quantitative estimate of drug-likeness (QED) is 0.884. The Morgan fingerprint density at radius 2 is 1.96 bits per heavy atom. The number of nitrogens with zero attached hydrogens (tertiary/aromatic N) is 1. The molecule has 5 nitrogen and oxygen atoms in total. The molecule has 0 spiro atoms. The number of amides is 1. The van der Waals surface area contributed by atoms with Crippen molar-refractivity contribution in [1.29, 1.82) is 0 Å². The molecule has 25 heavy (non-hydrogen) atoms. The molecule has 1 aromatic rings. The standard InChI is InChI=1S/C20H28N2O3/c1-12(19-7-13-6-14(8-19)10-20(24,9-13)11-19)21-18(23)17-15-4-2-3-5-16(15)22-25-17/h12-14,24H,2-11H2,1H3,(H,21,23)/t12-,13+,14+,19?,20?/m0/s1. The second-order valence-corrected chi connectivity index (χ2v) is 9.39. The molecule has 0 radical (unpaired) electrons. The first-order valence-corrected chi connectivity index (χ1v) is 9.97. The van der Waals surface area contributed by atoms with Gasteiger partial charge < -0.3 is 14.9 Å². The van der Waals surface area contributed by atoms with E-state index in [1.54, 1.807) is 0 Å². The summed E-state index contributed by atoms with van der Waals surface area (Å²) in [5.41, 5.74) is 1.54. The van der Waals surface area contributed by atoms with E-state index in [1.807, 2.05) is 0 Å². The van der Waals surface area contributed by atoms with Crippen molar-refractivity contribution >= 4 is 5.91 Å². The Balaban J connectivity index is 1.36. The van der Waals surface area contributed by atoms with Crippen molar-refractivity contribution in [1.82, 2.24) is 10.5 Å². The van der Waals surface area contributed by atoms with E-state index in [-0.39, 0.29) is 17.4 Å². The Morgan fingerprint density at radius 1 is 1.24 bits per heavy atom. The van der Waals surface area contributed by atoms with E-state index in [1.165, 1.54) is 6.42 Å². The maximum absolute atomic E-state index is 12.9. The predicted octanol–water partition coefficient (Wildman–Crippen LogP) is 3.00. The minimum atomic E-state index is -0.492. The number of aliphatic hydroxyl groups is 1. The molecule has 6 rings (SSSR count). The van der Waals surface area contributed by atoms with Gasteiger partial charge in [0.25, 0.3) is 5.91 Å². The lowest BCUT2D eigenvalue weighted by molar-refractivity contribution is -0.171.